The van der Waals surface area contributed by atoms with E-state index in [1.54, 1.807) is 0 Å². The van der Waals surface area contributed by atoms with Crippen LogP contribution in [0.15, 0.2) is 30.3 Å². The van der Waals surface area contributed by atoms with Gasteiger partial charge in [-0.1, -0.05) is 44.2 Å². The summed E-state index contributed by atoms with van der Waals surface area (Å²) >= 11 is 0. The minimum absolute atomic E-state index is 0.208. The summed E-state index contributed by atoms with van der Waals surface area (Å²) in [5.74, 6) is 0.733. The highest BCUT2D eigenvalue weighted by Crippen LogP contribution is 2.04. The van der Waals surface area contributed by atoms with Gasteiger partial charge in [0.1, 0.15) is 0 Å². The van der Waals surface area contributed by atoms with E-state index in [-0.39, 0.29) is 5.75 Å². The van der Waals surface area contributed by atoms with Crippen LogP contribution in [0, 0.1) is 5.92 Å². The Morgan fingerprint density at radius 3 is 2.44 bits per heavy atom. The van der Waals surface area contributed by atoms with E-state index in [0.717, 1.165) is 12.8 Å². The Bertz CT molecular complexity index is 426. The van der Waals surface area contributed by atoms with Crippen molar-refractivity contribution < 1.29 is 8.42 Å². The minimum atomic E-state index is -3.10. The normalized spacial score (nSPS) is 11.9. The molecule has 0 aliphatic rings. The van der Waals surface area contributed by atoms with Crippen LogP contribution in [0.5, 0.6) is 0 Å². The van der Waals surface area contributed by atoms with Crippen LogP contribution in [0.3, 0.4) is 0 Å². The average molecular weight is 269 g/mol. The second-order valence-electron chi connectivity index (χ2n) is 4.98. The Morgan fingerprint density at radius 2 is 1.83 bits per heavy atom. The molecule has 18 heavy (non-hydrogen) atoms. The maximum atomic E-state index is 11.7. The molecular formula is C14H23NO2S. The number of benzene rings is 1. The molecule has 0 aliphatic carbocycles. The molecule has 1 aromatic rings. The van der Waals surface area contributed by atoms with Gasteiger partial charge in [-0.25, -0.2) is 13.1 Å². The van der Waals surface area contributed by atoms with Crippen LogP contribution >= 0.6 is 0 Å². The Labute approximate surface area is 111 Å². The van der Waals surface area contributed by atoms with Crippen molar-refractivity contribution in [2.75, 3.05) is 12.3 Å². The fourth-order valence-corrected chi connectivity index (χ4v) is 2.78. The number of aryl methyl sites for hydroxylation is 1. The zero-order valence-electron chi connectivity index (χ0n) is 11.2. The largest absolute Gasteiger partial charge is 0.215 e. The molecule has 0 bridgehead atoms. The van der Waals surface area contributed by atoms with E-state index in [0.29, 0.717) is 18.9 Å². The van der Waals surface area contributed by atoms with E-state index in [1.807, 2.05) is 30.3 Å². The maximum Gasteiger partial charge on any atom is 0.211 e. The first-order chi connectivity index (χ1) is 8.49. The van der Waals surface area contributed by atoms with Gasteiger partial charge < -0.3 is 0 Å². The van der Waals surface area contributed by atoms with Gasteiger partial charge in [0.2, 0.25) is 10.0 Å². The summed E-state index contributed by atoms with van der Waals surface area (Å²) in [6.07, 6.45) is 2.37. The lowest BCUT2D eigenvalue weighted by Gasteiger charge is -2.08. The van der Waals surface area contributed by atoms with Gasteiger partial charge in [0.15, 0.2) is 0 Å². The van der Waals surface area contributed by atoms with Crippen LogP contribution in [0.1, 0.15) is 32.3 Å². The van der Waals surface area contributed by atoms with Crippen molar-refractivity contribution in [3.63, 3.8) is 0 Å². The third kappa shape index (κ3) is 6.77. The summed E-state index contributed by atoms with van der Waals surface area (Å²) in [7, 11) is -3.10. The van der Waals surface area contributed by atoms with Crippen molar-refractivity contribution in [3.05, 3.63) is 35.9 Å². The van der Waals surface area contributed by atoms with Gasteiger partial charge >= 0.3 is 0 Å². The number of sulfonamides is 1. The molecular weight excluding hydrogens is 246 g/mol. The Hall–Kier alpha value is -0.870. The predicted molar refractivity (Wildman–Crippen MR) is 76.0 cm³/mol. The fourth-order valence-electron chi connectivity index (χ4n) is 1.69. The highest BCUT2D eigenvalue weighted by molar-refractivity contribution is 7.89. The van der Waals surface area contributed by atoms with Crippen molar-refractivity contribution in [1.82, 2.24) is 4.72 Å². The van der Waals surface area contributed by atoms with Crippen LogP contribution in [0.4, 0.5) is 0 Å². The molecule has 0 saturated carbocycles. The van der Waals surface area contributed by atoms with Crippen LogP contribution in [-0.2, 0) is 16.4 Å². The highest BCUT2D eigenvalue weighted by Gasteiger charge is 2.09. The first-order valence-electron chi connectivity index (χ1n) is 6.51. The van der Waals surface area contributed by atoms with Gasteiger partial charge in [0, 0.05) is 6.54 Å². The standard InChI is InChI=1S/C14H23NO2S/c1-13(2)10-11-15-18(16,17)12-6-9-14-7-4-3-5-8-14/h3-5,7-8,13,15H,6,9-12H2,1-2H3. The summed E-state index contributed by atoms with van der Waals surface area (Å²) < 4.78 is 26.0. The molecule has 102 valence electrons. The maximum absolute atomic E-state index is 11.7. The van der Waals surface area contributed by atoms with Gasteiger partial charge in [-0.15, -0.1) is 0 Å². The smallest absolute Gasteiger partial charge is 0.211 e. The van der Waals surface area contributed by atoms with E-state index >= 15 is 0 Å². The van der Waals surface area contributed by atoms with Crippen molar-refractivity contribution in [1.29, 1.82) is 0 Å². The molecule has 0 heterocycles. The number of nitrogens with one attached hydrogen (secondary N) is 1. The lowest BCUT2D eigenvalue weighted by Crippen LogP contribution is -2.28. The molecule has 3 nitrogen and oxygen atoms in total. The van der Waals surface area contributed by atoms with Crippen LogP contribution in [0.25, 0.3) is 0 Å². The number of hydrogen-bond donors (Lipinski definition) is 1. The Morgan fingerprint density at radius 1 is 1.17 bits per heavy atom. The molecule has 1 N–H and O–H groups in total. The molecule has 0 aromatic heterocycles. The Kier molecular flexibility index (Phi) is 6.36. The second-order valence-corrected chi connectivity index (χ2v) is 6.91. The predicted octanol–water partition coefficient (Wildman–Crippen LogP) is 2.58. The monoisotopic (exact) mass is 269 g/mol. The molecule has 0 spiro atoms. The third-order valence-corrected chi connectivity index (χ3v) is 4.24. The van der Waals surface area contributed by atoms with Gasteiger partial charge in [0.25, 0.3) is 0 Å². The van der Waals surface area contributed by atoms with E-state index in [9.17, 15) is 8.42 Å². The summed E-state index contributed by atoms with van der Waals surface area (Å²) in [5, 5.41) is 0. The van der Waals surface area contributed by atoms with Gasteiger partial charge in [0.05, 0.1) is 5.75 Å². The molecule has 0 fully saturated rings. The lowest BCUT2D eigenvalue weighted by atomic mass is 10.1. The zero-order valence-corrected chi connectivity index (χ0v) is 12.0. The first-order valence-corrected chi connectivity index (χ1v) is 8.16. The molecule has 0 radical (unpaired) electrons. The van der Waals surface area contributed by atoms with Crippen LogP contribution in [-0.4, -0.2) is 20.7 Å². The van der Waals surface area contributed by atoms with Crippen molar-refractivity contribution >= 4 is 10.0 Å². The summed E-state index contributed by atoms with van der Waals surface area (Å²) in [4.78, 5) is 0. The third-order valence-electron chi connectivity index (χ3n) is 2.77. The van der Waals surface area contributed by atoms with Crippen LogP contribution in [0.2, 0.25) is 0 Å². The summed E-state index contributed by atoms with van der Waals surface area (Å²) in [5.41, 5.74) is 1.19. The second kappa shape index (κ2) is 7.54. The zero-order chi connectivity index (χ0) is 13.4. The number of rotatable bonds is 8. The molecule has 1 rings (SSSR count). The molecule has 0 aliphatic heterocycles. The molecule has 0 unspecified atom stereocenters. The van der Waals surface area contributed by atoms with E-state index in [1.165, 1.54) is 5.56 Å². The summed E-state index contributed by atoms with van der Waals surface area (Å²) in [6, 6.07) is 9.97. The molecule has 4 heteroatoms. The Balaban J connectivity index is 2.25. The van der Waals surface area contributed by atoms with Gasteiger partial charge in [-0.2, -0.15) is 0 Å². The molecule has 0 saturated heterocycles. The average Bonchev–Trinajstić information content (AvgIpc) is 2.29. The topological polar surface area (TPSA) is 46.2 Å². The SMILES string of the molecule is CC(C)CCNS(=O)(=O)CCCc1ccccc1. The van der Waals surface area contributed by atoms with Crippen molar-refractivity contribution in [2.24, 2.45) is 5.92 Å². The van der Waals surface area contributed by atoms with Crippen molar-refractivity contribution in [3.8, 4) is 0 Å². The summed E-state index contributed by atoms with van der Waals surface area (Å²) in [6.45, 7) is 4.72. The van der Waals surface area contributed by atoms with Gasteiger partial charge in [-0.05, 0) is 30.7 Å². The number of hydrogen-bond acceptors (Lipinski definition) is 2. The lowest BCUT2D eigenvalue weighted by molar-refractivity contribution is 0.550. The highest BCUT2D eigenvalue weighted by atomic mass is 32.2. The van der Waals surface area contributed by atoms with Crippen LogP contribution < -0.4 is 4.72 Å². The van der Waals surface area contributed by atoms with E-state index in [4.69, 9.17) is 0 Å². The quantitative estimate of drug-likeness (QED) is 0.788. The van der Waals surface area contributed by atoms with Gasteiger partial charge in [-0.3, -0.25) is 0 Å². The molecule has 0 atom stereocenters. The first kappa shape index (κ1) is 15.2. The minimum Gasteiger partial charge on any atom is -0.215 e. The van der Waals surface area contributed by atoms with E-state index < -0.39 is 10.0 Å². The molecule has 1 aromatic carbocycles. The van der Waals surface area contributed by atoms with Crippen molar-refractivity contribution in [2.45, 2.75) is 33.1 Å². The molecule has 0 amide bonds. The fraction of sp³-hybridized carbons (Fsp3) is 0.571. The van der Waals surface area contributed by atoms with E-state index in [2.05, 4.69) is 18.6 Å².